The van der Waals surface area contributed by atoms with Crippen LogP contribution < -0.4 is 5.32 Å². The summed E-state index contributed by atoms with van der Waals surface area (Å²) < 4.78 is 27.4. The lowest BCUT2D eigenvalue weighted by Crippen LogP contribution is -2.49. The zero-order chi connectivity index (χ0) is 16.2. The van der Waals surface area contributed by atoms with Gasteiger partial charge in [0.05, 0.1) is 0 Å². The fourth-order valence-corrected chi connectivity index (χ4v) is 5.73. The van der Waals surface area contributed by atoms with E-state index >= 15 is 0 Å². The molecule has 0 atom stereocenters. The number of carbonyl (C=O) groups excluding carboxylic acids is 1. The van der Waals surface area contributed by atoms with E-state index in [2.05, 4.69) is 15.5 Å². The van der Waals surface area contributed by atoms with E-state index in [0.717, 1.165) is 43.8 Å². The second kappa shape index (κ2) is 5.29. The first kappa shape index (κ1) is 15.1. The number of carbonyl (C=O) groups is 1. The first-order chi connectivity index (χ1) is 10.9. The van der Waals surface area contributed by atoms with E-state index in [1.807, 2.05) is 0 Å². The average molecular weight is 339 g/mol. The predicted molar refractivity (Wildman–Crippen MR) is 82.0 cm³/mol. The van der Waals surface area contributed by atoms with Gasteiger partial charge in [0, 0.05) is 12.2 Å². The van der Waals surface area contributed by atoms with Crippen molar-refractivity contribution in [1.29, 1.82) is 0 Å². The highest BCUT2D eigenvalue weighted by molar-refractivity contribution is 7.89. The minimum atomic E-state index is -3.22. The number of aromatic nitrogens is 2. The van der Waals surface area contributed by atoms with Crippen LogP contribution in [0.25, 0.3) is 0 Å². The Morgan fingerprint density at radius 2 is 1.78 bits per heavy atom. The van der Waals surface area contributed by atoms with E-state index in [1.165, 1.54) is 6.42 Å². The Hall–Kier alpha value is -1.44. The highest BCUT2D eigenvalue weighted by atomic mass is 32.2. The highest BCUT2D eigenvalue weighted by Gasteiger charge is 2.50. The Kier molecular flexibility index (Phi) is 3.48. The summed E-state index contributed by atoms with van der Waals surface area (Å²) >= 11 is 0. The summed E-state index contributed by atoms with van der Waals surface area (Å²) in [5.41, 5.74) is 0. The maximum Gasteiger partial charge on any atom is 0.328 e. The SMILES string of the molecule is CS(=O)(=O)Cc1noc(NC(=O)C2C3CC4CC(C3)CC2C4)n1. The first-order valence-electron chi connectivity index (χ1n) is 8.18. The van der Waals surface area contributed by atoms with Crippen LogP contribution in [-0.2, 0) is 20.4 Å². The van der Waals surface area contributed by atoms with Crippen LogP contribution in [0.4, 0.5) is 6.01 Å². The zero-order valence-corrected chi connectivity index (χ0v) is 13.9. The number of amides is 1. The van der Waals surface area contributed by atoms with Gasteiger partial charge in [0.25, 0.3) is 0 Å². The van der Waals surface area contributed by atoms with Gasteiger partial charge in [0.2, 0.25) is 5.91 Å². The predicted octanol–water partition coefficient (Wildman–Crippen LogP) is 1.62. The summed E-state index contributed by atoms with van der Waals surface area (Å²) in [5, 5.41) is 6.31. The molecule has 5 rings (SSSR count). The number of nitrogens with zero attached hydrogens (tertiary/aromatic N) is 2. The molecule has 4 aliphatic rings. The number of hydrogen-bond donors (Lipinski definition) is 1. The minimum absolute atomic E-state index is 0.00227. The summed E-state index contributed by atoms with van der Waals surface area (Å²) in [5.74, 6) is 2.35. The largest absolute Gasteiger partial charge is 0.328 e. The normalized spacial score (nSPS) is 35.4. The molecule has 1 aromatic rings. The summed E-state index contributed by atoms with van der Waals surface area (Å²) in [7, 11) is -3.22. The molecule has 23 heavy (non-hydrogen) atoms. The molecular formula is C15H21N3O4S. The average Bonchev–Trinajstić information content (AvgIpc) is 2.82. The van der Waals surface area contributed by atoms with Gasteiger partial charge in [-0.25, -0.2) is 8.42 Å². The van der Waals surface area contributed by atoms with Crippen LogP contribution in [-0.4, -0.2) is 30.7 Å². The van der Waals surface area contributed by atoms with Crippen LogP contribution in [0.2, 0.25) is 0 Å². The Morgan fingerprint density at radius 1 is 1.17 bits per heavy atom. The van der Waals surface area contributed by atoms with E-state index in [9.17, 15) is 13.2 Å². The lowest BCUT2D eigenvalue weighted by Gasteiger charge is -2.53. The van der Waals surface area contributed by atoms with Crippen LogP contribution in [0.1, 0.15) is 37.9 Å². The second-order valence-electron chi connectivity index (χ2n) is 7.53. The second-order valence-corrected chi connectivity index (χ2v) is 9.67. The monoisotopic (exact) mass is 339 g/mol. The van der Waals surface area contributed by atoms with Crippen molar-refractivity contribution in [2.75, 3.05) is 11.6 Å². The van der Waals surface area contributed by atoms with Gasteiger partial charge in [0.1, 0.15) is 5.75 Å². The molecule has 1 N–H and O–H groups in total. The van der Waals surface area contributed by atoms with Crippen LogP contribution >= 0.6 is 0 Å². The van der Waals surface area contributed by atoms with Gasteiger partial charge in [-0.3, -0.25) is 10.1 Å². The summed E-state index contributed by atoms with van der Waals surface area (Å²) in [6.07, 6.45) is 7.10. The van der Waals surface area contributed by atoms with Crippen LogP contribution in [0.15, 0.2) is 4.52 Å². The number of hydrogen-bond acceptors (Lipinski definition) is 6. The van der Waals surface area contributed by atoms with E-state index in [-0.39, 0.29) is 29.4 Å². The molecule has 0 aromatic carbocycles. The summed E-state index contributed by atoms with van der Waals surface area (Å²) in [6, 6.07) is 0.00227. The third-order valence-corrected chi connectivity index (χ3v) is 6.40. The number of rotatable bonds is 4. The van der Waals surface area contributed by atoms with Gasteiger partial charge in [-0.2, -0.15) is 4.98 Å². The molecule has 1 amide bonds. The van der Waals surface area contributed by atoms with Crippen molar-refractivity contribution in [3.05, 3.63) is 5.82 Å². The topological polar surface area (TPSA) is 102 Å². The first-order valence-corrected chi connectivity index (χ1v) is 10.2. The molecule has 4 aliphatic carbocycles. The van der Waals surface area contributed by atoms with Crippen molar-refractivity contribution in [3.8, 4) is 0 Å². The molecule has 4 saturated carbocycles. The van der Waals surface area contributed by atoms with Crippen molar-refractivity contribution in [3.63, 3.8) is 0 Å². The minimum Gasteiger partial charge on any atom is -0.315 e. The van der Waals surface area contributed by atoms with Gasteiger partial charge in [-0.05, 0) is 55.8 Å². The molecule has 1 heterocycles. The molecule has 0 radical (unpaired) electrons. The molecule has 0 spiro atoms. The van der Waals surface area contributed by atoms with Crippen molar-refractivity contribution in [2.24, 2.45) is 29.6 Å². The standard InChI is InChI=1S/C15H21N3O4S/c1-23(20,21)7-12-16-15(22-18-12)17-14(19)13-10-3-8-2-9(5-10)6-11(13)4-8/h8-11,13H,2-7H2,1H3,(H,16,17,18,19). The molecule has 8 heteroatoms. The lowest BCUT2D eigenvalue weighted by molar-refractivity contribution is -0.132. The summed E-state index contributed by atoms with van der Waals surface area (Å²) in [6.45, 7) is 0. The van der Waals surface area contributed by atoms with Crippen molar-refractivity contribution >= 4 is 21.8 Å². The smallest absolute Gasteiger partial charge is 0.315 e. The third-order valence-electron chi connectivity index (χ3n) is 5.62. The van der Waals surface area contributed by atoms with E-state index < -0.39 is 9.84 Å². The molecule has 4 bridgehead atoms. The Labute approximate surface area is 135 Å². The van der Waals surface area contributed by atoms with Crippen molar-refractivity contribution in [1.82, 2.24) is 10.1 Å². The molecular weight excluding hydrogens is 318 g/mol. The lowest BCUT2D eigenvalue weighted by atomic mass is 9.51. The van der Waals surface area contributed by atoms with Gasteiger partial charge in [0.15, 0.2) is 15.7 Å². The van der Waals surface area contributed by atoms with Crippen molar-refractivity contribution < 1.29 is 17.7 Å². The molecule has 0 aliphatic heterocycles. The Bertz CT molecular complexity index is 699. The number of nitrogens with one attached hydrogen (secondary N) is 1. The number of anilines is 1. The fraction of sp³-hybridized carbons (Fsp3) is 0.800. The maximum absolute atomic E-state index is 12.6. The third kappa shape index (κ3) is 3.00. The van der Waals surface area contributed by atoms with Crippen molar-refractivity contribution in [2.45, 2.75) is 37.9 Å². The van der Waals surface area contributed by atoms with E-state index in [0.29, 0.717) is 11.8 Å². The Balaban J connectivity index is 1.44. The van der Waals surface area contributed by atoms with Crippen LogP contribution in [0.5, 0.6) is 0 Å². The van der Waals surface area contributed by atoms with Crippen LogP contribution in [0.3, 0.4) is 0 Å². The van der Waals surface area contributed by atoms with Crippen LogP contribution in [0, 0.1) is 29.6 Å². The molecule has 4 fully saturated rings. The van der Waals surface area contributed by atoms with E-state index in [1.54, 1.807) is 0 Å². The van der Waals surface area contributed by atoms with Gasteiger partial charge >= 0.3 is 6.01 Å². The van der Waals surface area contributed by atoms with Gasteiger partial charge in [-0.1, -0.05) is 5.16 Å². The Morgan fingerprint density at radius 3 is 2.35 bits per heavy atom. The molecule has 0 unspecified atom stereocenters. The summed E-state index contributed by atoms with van der Waals surface area (Å²) in [4.78, 5) is 16.6. The molecule has 7 nitrogen and oxygen atoms in total. The van der Waals surface area contributed by atoms with E-state index in [4.69, 9.17) is 4.52 Å². The zero-order valence-electron chi connectivity index (χ0n) is 13.1. The molecule has 0 saturated heterocycles. The quantitative estimate of drug-likeness (QED) is 0.894. The fourth-order valence-electron chi connectivity index (χ4n) is 5.14. The molecule has 126 valence electrons. The number of sulfone groups is 1. The van der Waals surface area contributed by atoms with Gasteiger partial charge in [-0.15, -0.1) is 0 Å². The van der Waals surface area contributed by atoms with Gasteiger partial charge < -0.3 is 4.52 Å². The molecule has 1 aromatic heterocycles. The highest BCUT2D eigenvalue weighted by Crippen LogP contribution is 2.56. The maximum atomic E-state index is 12.6.